The van der Waals surface area contributed by atoms with Gasteiger partial charge in [-0.1, -0.05) is 42.5 Å². The maximum Gasteiger partial charge on any atom is 0.191 e. The van der Waals surface area contributed by atoms with Crippen LogP contribution in [0.25, 0.3) is 0 Å². The lowest BCUT2D eigenvalue weighted by molar-refractivity contribution is 0.0646. The fourth-order valence-electron chi connectivity index (χ4n) is 3.00. The highest BCUT2D eigenvalue weighted by atomic mass is 127. The third-order valence-corrected chi connectivity index (χ3v) is 5.83. The molecule has 0 aliphatic carbocycles. The Morgan fingerprint density at radius 2 is 1.83 bits per heavy atom. The van der Waals surface area contributed by atoms with Gasteiger partial charge in [0.2, 0.25) is 0 Å². The van der Waals surface area contributed by atoms with Gasteiger partial charge < -0.3 is 15.4 Å². The largest absolute Gasteiger partial charge is 0.374 e. The summed E-state index contributed by atoms with van der Waals surface area (Å²) in [5.74, 6) is 0.700. The standard InChI is InChI=1S/C22H31N3O3S.HI/c1-17-15-19(11-12-21(17)29(4,26)27)16-25-22(23-3)24-13-8-14-28-18(2)20-9-6-5-7-10-20;/h5-7,9-12,15,18H,8,13-14,16H2,1-4H3,(H2,23,24,25);1H. The van der Waals surface area contributed by atoms with Gasteiger partial charge in [-0.25, -0.2) is 8.42 Å². The van der Waals surface area contributed by atoms with Gasteiger partial charge in [-0.3, -0.25) is 4.99 Å². The summed E-state index contributed by atoms with van der Waals surface area (Å²) in [7, 11) is -1.47. The van der Waals surface area contributed by atoms with Crippen LogP contribution < -0.4 is 10.6 Å². The molecule has 0 heterocycles. The van der Waals surface area contributed by atoms with Gasteiger partial charge in [0.05, 0.1) is 11.0 Å². The molecule has 2 N–H and O–H groups in total. The summed E-state index contributed by atoms with van der Waals surface area (Å²) in [6.07, 6.45) is 2.16. The minimum Gasteiger partial charge on any atom is -0.374 e. The first kappa shape index (κ1) is 26.4. The number of guanidine groups is 1. The number of ether oxygens (including phenoxy) is 1. The predicted molar refractivity (Wildman–Crippen MR) is 133 cm³/mol. The molecule has 166 valence electrons. The number of hydrogen-bond acceptors (Lipinski definition) is 4. The van der Waals surface area contributed by atoms with Crippen LogP contribution in [0.15, 0.2) is 58.4 Å². The Labute approximate surface area is 197 Å². The zero-order valence-electron chi connectivity index (χ0n) is 18.0. The molecule has 0 radical (unpaired) electrons. The average molecular weight is 545 g/mol. The van der Waals surface area contributed by atoms with Crippen LogP contribution in [0.4, 0.5) is 0 Å². The number of aryl methyl sites for hydroxylation is 1. The molecule has 30 heavy (non-hydrogen) atoms. The van der Waals surface area contributed by atoms with Gasteiger partial charge in [0.1, 0.15) is 0 Å². The zero-order valence-corrected chi connectivity index (χ0v) is 21.2. The molecule has 0 spiro atoms. The molecule has 2 aromatic carbocycles. The zero-order chi connectivity index (χ0) is 21.3. The Bertz CT molecular complexity index is 918. The Kier molecular flexibility index (Phi) is 11.4. The van der Waals surface area contributed by atoms with Gasteiger partial charge in [-0.05, 0) is 43.0 Å². The van der Waals surface area contributed by atoms with Crippen LogP contribution >= 0.6 is 24.0 Å². The Hall–Kier alpha value is -1.65. The van der Waals surface area contributed by atoms with Crippen molar-refractivity contribution < 1.29 is 13.2 Å². The molecule has 0 saturated carbocycles. The summed E-state index contributed by atoms with van der Waals surface area (Å²) < 4.78 is 29.3. The highest BCUT2D eigenvalue weighted by molar-refractivity contribution is 14.0. The molecule has 0 saturated heterocycles. The Morgan fingerprint density at radius 3 is 2.43 bits per heavy atom. The minimum absolute atomic E-state index is 0. The fourth-order valence-corrected chi connectivity index (χ4v) is 3.96. The quantitative estimate of drug-likeness (QED) is 0.217. The maximum atomic E-state index is 11.7. The second kappa shape index (κ2) is 12.9. The summed E-state index contributed by atoms with van der Waals surface area (Å²) in [4.78, 5) is 4.59. The number of nitrogens with one attached hydrogen (secondary N) is 2. The second-order valence-corrected chi connectivity index (χ2v) is 8.99. The van der Waals surface area contributed by atoms with Crippen LogP contribution in [0.5, 0.6) is 0 Å². The highest BCUT2D eigenvalue weighted by Gasteiger charge is 2.11. The van der Waals surface area contributed by atoms with Gasteiger partial charge >= 0.3 is 0 Å². The Balaban J connectivity index is 0.00000450. The van der Waals surface area contributed by atoms with Crippen molar-refractivity contribution >= 4 is 39.8 Å². The van der Waals surface area contributed by atoms with E-state index in [2.05, 4.69) is 34.7 Å². The lowest BCUT2D eigenvalue weighted by Gasteiger charge is -2.15. The number of aliphatic imine (C=N–C) groups is 1. The van der Waals surface area contributed by atoms with E-state index in [4.69, 9.17) is 4.74 Å². The van der Waals surface area contributed by atoms with E-state index in [0.717, 1.165) is 24.1 Å². The molecule has 1 unspecified atom stereocenters. The van der Waals surface area contributed by atoms with Crippen LogP contribution in [0, 0.1) is 6.92 Å². The molecule has 1 atom stereocenters. The lowest BCUT2D eigenvalue weighted by Crippen LogP contribution is -2.37. The molecule has 0 aromatic heterocycles. The smallest absolute Gasteiger partial charge is 0.191 e. The summed E-state index contributed by atoms with van der Waals surface area (Å²) in [5, 5.41) is 6.51. The molecule has 6 nitrogen and oxygen atoms in total. The maximum absolute atomic E-state index is 11.7. The highest BCUT2D eigenvalue weighted by Crippen LogP contribution is 2.17. The third-order valence-electron chi connectivity index (χ3n) is 4.57. The molecule has 2 rings (SSSR count). The molecule has 0 aliphatic rings. The molecule has 0 bridgehead atoms. The number of halogens is 1. The monoisotopic (exact) mass is 545 g/mol. The van der Waals surface area contributed by atoms with Crippen molar-refractivity contribution in [2.24, 2.45) is 4.99 Å². The first-order valence-electron chi connectivity index (χ1n) is 9.72. The van der Waals surface area contributed by atoms with Crippen LogP contribution in [-0.2, 0) is 21.1 Å². The van der Waals surface area contributed by atoms with Crippen molar-refractivity contribution in [2.75, 3.05) is 26.5 Å². The van der Waals surface area contributed by atoms with Gasteiger partial charge in [0.25, 0.3) is 0 Å². The summed E-state index contributed by atoms with van der Waals surface area (Å²) >= 11 is 0. The van der Waals surface area contributed by atoms with Crippen molar-refractivity contribution in [3.63, 3.8) is 0 Å². The second-order valence-electron chi connectivity index (χ2n) is 7.00. The lowest BCUT2D eigenvalue weighted by atomic mass is 10.1. The van der Waals surface area contributed by atoms with E-state index < -0.39 is 9.84 Å². The van der Waals surface area contributed by atoms with Crippen molar-refractivity contribution in [1.82, 2.24) is 10.6 Å². The first-order chi connectivity index (χ1) is 13.8. The van der Waals surface area contributed by atoms with Crippen molar-refractivity contribution in [3.05, 3.63) is 65.2 Å². The van der Waals surface area contributed by atoms with Gasteiger partial charge in [-0.2, -0.15) is 0 Å². The number of benzene rings is 2. The van der Waals surface area contributed by atoms with E-state index in [1.54, 1.807) is 13.1 Å². The van der Waals surface area contributed by atoms with Gasteiger partial charge in [-0.15, -0.1) is 24.0 Å². The van der Waals surface area contributed by atoms with Gasteiger partial charge in [0, 0.05) is 33.0 Å². The van der Waals surface area contributed by atoms with E-state index in [9.17, 15) is 8.42 Å². The average Bonchev–Trinajstić information content (AvgIpc) is 2.69. The summed E-state index contributed by atoms with van der Waals surface area (Å²) in [6, 6.07) is 15.5. The van der Waals surface area contributed by atoms with Gasteiger partial charge in [0.15, 0.2) is 15.8 Å². The normalized spacial score (nSPS) is 12.7. The van der Waals surface area contributed by atoms with Crippen molar-refractivity contribution in [1.29, 1.82) is 0 Å². The van der Waals surface area contributed by atoms with E-state index in [1.165, 1.54) is 11.8 Å². The number of hydrogen-bond donors (Lipinski definition) is 2. The van der Waals surface area contributed by atoms with Crippen molar-refractivity contribution in [3.8, 4) is 0 Å². The summed E-state index contributed by atoms with van der Waals surface area (Å²) in [6.45, 7) is 5.83. The SMILES string of the molecule is CN=C(NCCCOC(C)c1ccccc1)NCc1ccc(S(C)(=O)=O)c(C)c1.I. The minimum atomic E-state index is -3.20. The van der Waals surface area contributed by atoms with Crippen LogP contribution in [0.2, 0.25) is 0 Å². The molecule has 0 fully saturated rings. The molecule has 2 aromatic rings. The first-order valence-corrected chi connectivity index (χ1v) is 11.6. The van der Waals surface area contributed by atoms with Crippen LogP contribution in [0.3, 0.4) is 0 Å². The Morgan fingerprint density at radius 1 is 1.13 bits per heavy atom. The molecule has 8 heteroatoms. The van der Waals surface area contributed by atoms with E-state index >= 15 is 0 Å². The number of sulfone groups is 1. The van der Waals surface area contributed by atoms with Crippen LogP contribution in [-0.4, -0.2) is 40.8 Å². The third kappa shape index (κ3) is 8.61. The van der Waals surface area contributed by atoms with E-state index in [0.29, 0.717) is 24.0 Å². The molecule has 0 amide bonds. The molecule has 0 aliphatic heterocycles. The summed E-state index contributed by atoms with van der Waals surface area (Å²) in [5.41, 5.74) is 2.92. The van der Waals surface area contributed by atoms with Crippen molar-refractivity contribution in [2.45, 2.75) is 37.8 Å². The van der Waals surface area contributed by atoms with E-state index in [1.807, 2.05) is 37.3 Å². The number of rotatable bonds is 9. The predicted octanol–water partition coefficient (Wildman–Crippen LogP) is 3.85. The fraction of sp³-hybridized carbons (Fsp3) is 0.409. The van der Waals surface area contributed by atoms with Crippen LogP contribution in [0.1, 0.15) is 36.1 Å². The molecular weight excluding hydrogens is 513 g/mol. The van der Waals surface area contributed by atoms with E-state index in [-0.39, 0.29) is 30.1 Å². The molecular formula is C22H32IN3O3S. The topological polar surface area (TPSA) is 79.8 Å². The number of nitrogens with zero attached hydrogens (tertiary/aromatic N) is 1.